The number of nitrogens with zero attached hydrogens (tertiary/aromatic N) is 1. The summed E-state index contributed by atoms with van der Waals surface area (Å²) >= 11 is 5.57. The highest BCUT2D eigenvalue weighted by atomic mass is 79.9. The molecule has 0 aromatic heterocycles. The molecule has 0 unspecified atom stereocenters. The molecule has 3 rings (SSSR count). The van der Waals surface area contributed by atoms with Crippen LogP contribution >= 0.6 is 27.7 Å². The first-order chi connectivity index (χ1) is 10.1. The van der Waals surface area contributed by atoms with Crippen molar-refractivity contribution in [3.8, 4) is 0 Å². The van der Waals surface area contributed by atoms with Crippen molar-refractivity contribution in [1.29, 1.82) is 0 Å². The van der Waals surface area contributed by atoms with Gasteiger partial charge in [-0.15, -0.1) is 0 Å². The molecule has 1 N–H and O–H groups in total. The van der Waals surface area contributed by atoms with Crippen LogP contribution < -0.4 is 5.32 Å². The second-order valence-corrected chi connectivity index (χ2v) is 8.35. The molecule has 1 aliphatic carbocycles. The number of anilines is 1. The highest BCUT2D eigenvalue weighted by Gasteiger charge is 2.34. The lowest BCUT2D eigenvalue weighted by Crippen LogP contribution is -2.35. The maximum atomic E-state index is 4.85. The smallest absolute Gasteiger partial charge is 0.161 e. The lowest BCUT2D eigenvalue weighted by Gasteiger charge is -2.38. The van der Waals surface area contributed by atoms with Gasteiger partial charge in [0, 0.05) is 16.8 Å². The molecule has 114 valence electrons. The topological polar surface area (TPSA) is 24.4 Å². The van der Waals surface area contributed by atoms with Crippen molar-refractivity contribution >= 4 is 38.5 Å². The molecule has 0 atom stereocenters. The van der Waals surface area contributed by atoms with E-state index in [1.54, 1.807) is 0 Å². The van der Waals surface area contributed by atoms with Crippen molar-refractivity contribution in [2.45, 2.75) is 46.0 Å². The van der Waals surface area contributed by atoms with Crippen LogP contribution in [0, 0.1) is 19.3 Å². The van der Waals surface area contributed by atoms with E-state index in [2.05, 4.69) is 47.2 Å². The van der Waals surface area contributed by atoms with Gasteiger partial charge in [0.15, 0.2) is 5.17 Å². The van der Waals surface area contributed by atoms with Crippen molar-refractivity contribution in [2.24, 2.45) is 10.4 Å². The summed E-state index contributed by atoms with van der Waals surface area (Å²) in [6.45, 7) is 5.28. The van der Waals surface area contributed by atoms with Crippen LogP contribution in [-0.2, 0) is 0 Å². The Labute approximate surface area is 140 Å². The van der Waals surface area contributed by atoms with E-state index in [-0.39, 0.29) is 0 Å². The van der Waals surface area contributed by atoms with E-state index in [0.717, 1.165) is 21.9 Å². The lowest BCUT2D eigenvalue weighted by atomic mass is 9.75. The van der Waals surface area contributed by atoms with Crippen LogP contribution in [0.1, 0.15) is 43.2 Å². The molecule has 1 aromatic carbocycles. The van der Waals surface area contributed by atoms with E-state index in [0.29, 0.717) is 5.41 Å². The second-order valence-electron chi connectivity index (χ2n) is 6.53. The number of aliphatic imine (C=N–C) groups is 1. The summed E-state index contributed by atoms with van der Waals surface area (Å²) in [7, 11) is 0. The highest BCUT2D eigenvalue weighted by Crippen LogP contribution is 2.42. The predicted molar refractivity (Wildman–Crippen MR) is 97.5 cm³/mol. The van der Waals surface area contributed by atoms with Gasteiger partial charge in [0.1, 0.15) is 0 Å². The van der Waals surface area contributed by atoms with Crippen LogP contribution in [0.2, 0.25) is 0 Å². The summed E-state index contributed by atoms with van der Waals surface area (Å²) < 4.78 is 1.13. The first-order valence-corrected chi connectivity index (χ1v) is 9.57. The van der Waals surface area contributed by atoms with Gasteiger partial charge < -0.3 is 5.32 Å². The van der Waals surface area contributed by atoms with Gasteiger partial charge >= 0.3 is 0 Å². The van der Waals surface area contributed by atoms with E-state index in [9.17, 15) is 0 Å². The third-order valence-corrected chi connectivity index (χ3v) is 6.54. The van der Waals surface area contributed by atoms with Gasteiger partial charge in [-0.1, -0.05) is 37.1 Å². The summed E-state index contributed by atoms with van der Waals surface area (Å²) in [6, 6.07) is 4.37. The summed E-state index contributed by atoms with van der Waals surface area (Å²) in [4.78, 5) is 4.85. The van der Waals surface area contributed by atoms with E-state index < -0.39 is 0 Å². The summed E-state index contributed by atoms with van der Waals surface area (Å²) in [5.74, 6) is 1.22. The maximum absolute atomic E-state index is 4.85. The number of benzene rings is 1. The molecule has 1 spiro atoms. The van der Waals surface area contributed by atoms with Gasteiger partial charge in [-0.25, -0.2) is 0 Å². The molecule has 0 saturated heterocycles. The number of hydrogen-bond donors (Lipinski definition) is 1. The molecule has 4 heteroatoms. The molecule has 1 aliphatic heterocycles. The zero-order valence-electron chi connectivity index (χ0n) is 12.8. The molecule has 2 nitrogen and oxygen atoms in total. The fourth-order valence-corrected chi connectivity index (χ4v) is 5.34. The number of amidine groups is 1. The van der Waals surface area contributed by atoms with E-state index in [1.165, 1.54) is 49.0 Å². The molecule has 21 heavy (non-hydrogen) atoms. The van der Waals surface area contributed by atoms with Gasteiger partial charge in [-0.3, -0.25) is 4.99 Å². The predicted octanol–water partition coefficient (Wildman–Crippen LogP) is 5.53. The first-order valence-electron chi connectivity index (χ1n) is 7.79. The number of thioether (sulfide) groups is 1. The first kappa shape index (κ1) is 15.4. The molecule has 0 bridgehead atoms. The zero-order valence-corrected chi connectivity index (χ0v) is 15.2. The van der Waals surface area contributed by atoms with Gasteiger partial charge in [-0.2, -0.15) is 0 Å². The fraction of sp³-hybridized carbons (Fsp3) is 0.588. The molecular formula is C17H23BrN2S. The minimum Gasteiger partial charge on any atom is -0.334 e. The molecule has 1 heterocycles. The molecule has 0 amide bonds. The normalized spacial score (nSPS) is 21.2. The molecule has 1 aromatic rings. The van der Waals surface area contributed by atoms with Crippen molar-refractivity contribution in [2.75, 3.05) is 17.6 Å². The van der Waals surface area contributed by atoms with Crippen LogP contribution in [0.15, 0.2) is 21.6 Å². The average molecular weight is 367 g/mol. The van der Waals surface area contributed by atoms with Gasteiger partial charge in [0.25, 0.3) is 0 Å². The van der Waals surface area contributed by atoms with Gasteiger partial charge in [-0.05, 0) is 65.2 Å². The van der Waals surface area contributed by atoms with Crippen LogP contribution in [0.25, 0.3) is 0 Å². The SMILES string of the molecule is Cc1cc(C)c(NC2=NCC3(CCCCC3)CS2)c(Br)c1. The Kier molecular flexibility index (Phi) is 4.65. The quantitative estimate of drug-likeness (QED) is 0.706. The minimum atomic E-state index is 0.494. The third-order valence-electron chi connectivity index (χ3n) is 4.65. The second kappa shape index (κ2) is 6.33. The lowest BCUT2D eigenvalue weighted by molar-refractivity contribution is 0.232. The van der Waals surface area contributed by atoms with Crippen molar-refractivity contribution < 1.29 is 0 Å². The third kappa shape index (κ3) is 3.48. The molecular weight excluding hydrogens is 344 g/mol. The van der Waals surface area contributed by atoms with Crippen LogP contribution in [0.4, 0.5) is 5.69 Å². The van der Waals surface area contributed by atoms with Crippen LogP contribution in [0.5, 0.6) is 0 Å². The van der Waals surface area contributed by atoms with Crippen molar-refractivity contribution in [3.63, 3.8) is 0 Å². The molecule has 1 fully saturated rings. The molecule has 2 aliphatic rings. The van der Waals surface area contributed by atoms with Gasteiger partial charge in [0.2, 0.25) is 0 Å². The number of hydrogen-bond acceptors (Lipinski definition) is 3. The largest absolute Gasteiger partial charge is 0.334 e. The Balaban J connectivity index is 1.72. The van der Waals surface area contributed by atoms with Crippen molar-refractivity contribution in [1.82, 2.24) is 0 Å². The Morgan fingerprint density at radius 3 is 2.57 bits per heavy atom. The molecule has 0 radical (unpaired) electrons. The van der Waals surface area contributed by atoms with E-state index in [4.69, 9.17) is 4.99 Å². The van der Waals surface area contributed by atoms with Crippen LogP contribution in [0.3, 0.4) is 0 Å². The highest BCUT2D eigenvalue weighted by molar-refractivity contribution is 9.10. The Bertz CT molecular complexity index is 539. The monoisotopic (exact) mass is 366 g/mol. The maximum Gasteiger partial charge on any atom is 0.161 e. The Hall–Kier alpha value is -0.480. The minimum absolute atomic E-state index is 0.494. The van der Waals surface area contributed by atoms with Crippen LogP contribution in [-0.4, -0.2) is 17.5 Å². The number of nitrogens with one attached hydrogen (secondary N) is 1. The van der Waals surface area contributed by atoms with E-state index in [1.807, 2.05) is 11.8 Å². The van der Waals surface area contributed by atoms with Crippen molar-refractivity contribution in [3.05, 3.63) is 27.7 Å². The zero-order chi connectivity index (χ0) is 14.9. The summed E-state index contributed by atoms with van der Waals surface area (Å²) in [5.41, 5.74) is 4.20. The summed E-state index contributed by atoms with van der Waals surface area (Å²) in [5, 5.41) is 4.61. The number of aryl methyl sites for hydroxylation is 2. The fourth-order valence-electron chi connectivity index (χ4n) is 3.41. The average Bonchev–Trinajstić information content (AvgIpc) is 2.46. The molecule has 1 saturated carbocycles. The number of halogens is 1. The van der Waals surface area contributed by atoms with Gasteiger partial charge in [0.05, 0.1) is 5.69 Å². The summed E-state index contributed by atoms with van der Waals surface area (Å²) in [6.07, 6.45) is 6.92. The van der Waals surface area contributed by atoms with E-state index >= 15 is 0 Å². The Morgan fingerprint density at radius 2 is 1.95 bits per heavy atom. The standard InChI is InChI=1S/C17H23BrN2S/c1-12-8-13(2)15(14(18)9-12)20-16-19-10-17(11-21-16)6-4-3-5-7-17/h8-9H,3-7,10-11H2,1-2H3,(H,19,20). The number of rotatable bonds is 1. The Morgan fingerprint density at radius 1 is 1.19 bits per heavy atom.